The number of carbonyl (C=O) groups is 1. The molecule has 0 amide bonds. The van der Waals surface area contributed by atoms with E-state index >= 15 is 0 Å². The average molecular weight is 371 g/mol. The first-order chi connectivity index (χ1) is 12.0. The number of sulfonamides is 1. The molecule has 2 fully saturated rings. The van der Waals surface area contributed by atoms with Crippen molar-refractivity contribution in [2.45, 2.75) is 43.1 Å². The van der Waals surface area contributed by atoms with Crippen LogP contribution in [0.5, 0.6) is 0 Å². The third-order valence-electron chi connectivity index (χ3n) is 4.59. The molecule has 1 aromatic rings. The van der Waals surface area contributed by atoms with E-state index in [1.165, 1.54) is 10.4 Å². The lowest BCUT2D eigenvalue weighted by Gasteiger charge is -2.26. The summed E-state index contributed by atoms with van der Waals surface area (Å²) in [5.41, 5.74) is -0.333. The Morgan fingerprint density at radius 3 is 2.52 bits per heavy atom. The van der Waals surface area contributed by atoms with Crippen molar-refractivity contribution in [2.24, 2.45) is 0 Å². The summed E-state index contributed by atoms with van der Waals surface area (Å²) in [6, 6.07) is 3.26. The van der Waals surface area contributed by atoms with E-state index in [-0.39, 0.29) is 29.7 Å². The molecule has 8 heteroatoms. The zero-order valence-electron chi connectivity index (χ0n) is 13.9. The molecule has 0 bridgehead atoms. The van der Waals surface area contributed by atoms with E-state index in [9.17, 15) is 17.6 Å². The van der Waals surface area contributed by atoms with Crippen LogP contribution in [0.4, 0.5) is 4.39 Å². The van der Waals surface area contributed by atoms with E-state index in [2.05, 4.69) is 0 Å². The molecule has 0 unspecified atom stereocenters. The van der Waals surface area contributed by atoms with Gasteiger partial charge >= 0.3 is 5.97 Å². The zero-order chi connectivity index (χ0) is 17.9. The minimum atomic E-state index is -3.79. The van der Waals surface area contributed by atoms with Crippen LogP contribution in [0.15, 0.2) is 23.1 Å². The van der Waals surface area contributed by atoms with Gasteiger partial charge in [0.1, 0.15) is 11.9 Å². The Hall–Kier alpha value is -1.51. The van der Waals surface area contributed by atoms with Crippen molar-refractivity contribution in [3.63, 3.8) is 0 Å². The number of carbonyl (C=O) groups excluding carboxylic acids is 1. The van der Waals surface area contributed by atoms with Crippen molar-refractivity contribution >= 4 is 16.0 Å². The summed E-state index contributed by atoms with van der Waals surface area (Å²) >= 11 is 0. The van der Waals surface area contributed by atoms with E-state index in [1.54, 1.807) is 0 Å². The van der Waals surface area contributed by atoms with Crippen LogP contribution in [0.1, 0.15) is 42.5 Å². The van der Waals surface area contributed by atoms with Gasteiger partial charge in [-0.3, -0.25) is 0 Å². The molecule has 3 rings (SSSR count). The van der Waals surface area contributed by atoms with Gasteiger partial charge in [-0.25, -0.2) is 17.6 Å². The first kappa shape index (κ1) is 18.3. The van der Waals surface area contributed by atoms with Crippen molar-refractivity contribution in [3.05, 3.63) is 29.6 Å². The Kier molecular flexibility index (Phi) is 5.71. The number of halogens is 1. The van der Waals surface area contributed by atoms with Crippen LogP contribution >= 0.6 is 0 Å². The lowest BCUT2D eigenvalue weighted by atomic mass is 9.98. The van der Waals surface area contributed by atoms with Gasteiger partial charge in [0.25, 0.3) is 0 Å². The predicted molar refractivity (Wildman–Crippen MR) is 88.3 cm³/mol. The van der Waals surface area contributed by atoms with Crippen LogP contribution in [0, 0.1) is 5.82 Å². The highest BCUT2D eigenvalue weighted by Crippen LogP contribution is 2.24. The van der Waals surface area contributed by atoms with E-state index < -0.39 is 21.8 Å². The lowest BCUT2D eigenvalue weighted by Crippen LogP contribution is -2.40. The number of rotatable bonds is 4. The maximum absolute atomic E-state index is 14.1. The Bertz CT molecular complexity index is 725. The summed E-state index contributed by atoms with van der Waals surface area (Å²) in [6.45, 7) is 1.11. The topological polar surface area (TPSA) is 72.9 Å². The number of hydrogen-bond donors (Lipinski definition) is 0. The summed E-state index contributed by atoms with van der Waals surface area (Å²) < 4.78 is 51.2. The second kappa shape index (κ2) is 7.80. The normalized spacial score (nSPS) is 20.4. The van der Waals surface area contributed by atoms with Crippen molar-refractivity contribution in [1.82, 2.24) is 4.31 Å². The minimum Gasteiger partial charge on any atom is -0.459 e. The first-order valence-corrected chi connectivity index (χ1v) is 10.0. The Labute approximate surface area is 147 Å². The molecule has 0 N–H and O–H groups in total. The molecule has 138 valence electrons. The number of benzene rings is 1. The fourth-order valence-corrected chi connectivity index (χ4v) is 4.59. The second-order valence-electron chi connectivity index (χ2n) is 6.32. The molecule has 0 spiro atoms. The molecule has 2 aliphatic rings. The van der Waals surface area contributed by atoms with Crippen molar-refractivity contribution in [3.8, 4) is 0 Å². The van der Waals surface area contributed by atoms with Crippen LogP contribution in [0.3, 0.4) is 0 Å². The Balaban J connectivity index is 1.80. The standard InChI is InChI=1S/C17H22FNO5S/c18-16-7-6-14(25(21,22)19-8-10-23-11-9-19)12-15(16)17(20)24-13-4-2-1-3-5-13/h6-7,12-13H,1-5,8-11H2. The molecule has 1 heterocycles. The third-order valence-corrected chi connectivity index (χ3v) is 6.49. The van der Waals surface area contributed by atoms with Crippen LogP contribution in [-0.2, 0) is 19.5 Å². The summed E-state index contributed by atoms with van der Waals surface area (Å²) in [6.07, 6.45) is 4.37. The highest BCUT2D eigenvalue weighted by atomic mass is 32.2. The smallest absolute Gasteiger partial charge is 0.341 e. The second-order valence-corrected chi connectivity index (χ2v) is 8.26. The fourth-order valence-electron chi connectivity index (χ4n) is 3.16. The van der Waals surface area contributed by atoms with Crippen LogP contribution in [-0.4, -0.2) is 51.1 Å². The SMILES string of the molecule is O=C(OC1CCCCC1)c1cc(S(=O)(=O)N2CCOCC2)ccc1F. The van der Waals surface area contributed by atoms with E-state index in [4.69, 9.17) is 9.47 Å². The van der Waals surface area contributed by atoms with Gasteiger partial charge < -0.3 is 9.47 Å². The monoisotopic (exact) mass is 371 g/mol. The van der Waals surface area contributed by atoms with Gasteiger partial charge in [-0.2, -0.15) is 4.31 Å². The molecule has 1 aliphatic carbocycles. The van der Waals surface area contributed by atoms with Gasteiger partial charge in [-0.1, -0.05) is 6.42 Å². The molecule has 0 aromatic heterocycles. The predicted octanol–water partition coefficient (Wildman–Crippen LogP) is 2.34. The van der Waals surface area contributed by atoms with E-state index in [1.807, 2.05) is 0 Å². The van der Waals surface area contributed by atoms with Gasteiger partial charge in [0.2, 0.25) is 10.0 Å². The molecule has 1 saturated heterocycles. The summed E-state index contributed by atoms with van der Waals surface area (Å²) in [4.78, 5) is 12.2. The molecule has 1 aromatic carbocycles. The maximum Gasteiger partial charge on any atom is 0.341 e. The Morgan fingerprint density at radius 2 is 1.84 bits per heavy atom. The highest BCUT2D eigenvalue weighted by molar-refractivity contribution is 7.89. The molecule has 1 saturated carbocycles. The van der Waals surface area contributed by atoms with Crippen LogP contribution in [0.2, 0.25) is 0 Å². The Morgan fingerprint density at radius 1 is 1.16 bits per heavy atom. The summed E-state index contributed by atoms with van der Waals surface area (Å²) in [7, 11) is -3.79. The van der Waals surface area contributed by atoms with Crippen LogP contribution < -0.4 is 0 Å². The van der Waals surface area contributed by atoms with Crippen molar-refractivity contribution in [1.29, 1.82) is 0 Å². The first-order valence-electron chi connectivity index (χ1n) is 8.57. The summed E-state index contributed by atoms with van der Waals surface area (Å²) in [5, 5.41) is 0. The molecular formula is C17H22FNO5S. The largest absolute Gasteiger partial charge is 0.459 e. The zero-order valence-corrected chi connectivity index (χ0v) is 14.8. The lowest BCUT2D eigenvalue weighted by molar-refractivity contribution is 0.0206. The third kappa shape index (κ3) is 4.19. The van der Waals surface area contributed by atoms with Crippen molar-refractivity contribution < 1.29 is 27.1 Å². The fraction of sp³-hybridized carbons (Fsp3) is 0.588. The van der Waals surface area contributed by atoms with Gasteiger partial charge in [0.15, 0.2) is 0 Å². The van der Waals surface area contributed by atoms with E-state index in [0.29, 0.717) is 13.2 Å². The number of morpholine rings is 1. The molecule has 0 atom stereocenters. The summed E-state index contributed by atoms with van der Waals surface area (Å²) in [5.74, 6) is -1.58. The minimum absolute atomic E-state index is 0.105. The van der Waals surface area contributed by atoms with Crippen LogP contribution in [0.25, 0.3) is 0 Å². The van der Waals surface area contributed by atoms with Gasteiger partial charge in [0, 0.05) is 13.1 Å². The maximum atomic E-state index is 14.1. The van der Waals surface area contributed by atoms with Gasteiger partial charge in [0.05, 0.1) is 23.7 Å². The van der Waals surface area contributed by atoms with Gasteiger partial charge in [-0.05, 0) is 43.9 Å². The van der Waals surface area contributed by atoms with E-state index in [0.717, 1.165) is 44.2 Å². The van der Waals surface area contributed by atoms with Crippen molar-refractivity contribution in [2.75, 3.05) is 26.3 Å². The molecule has 6 nitrogen and oxygen atoms in total. The number of esters is 1. The average Bonchev–Trinajstić information content (AvgIpc) is 2.63. The van der Waals surface area contributed by atoms with Gasteiger partial charge in [-0.15, -0.1) is 0 Å². The number of nitrogens with zero attached hydrogens (tertiary/aromatic N) is 1. The number of hydrogen-bond acceptors (Lipinski definition) is 5. The molecule has 1 aliphatic heterocycles. The highest BCUT2D eigenvalue weighted by Gasteiger charge is 2.29. The number of ether oxygens (including phenoxy) is 2. The quantitative estimate of drug-likeness (QED) is 0.760. The molecule has 25 heavy (non-hydrogen) atoms. The molecule has 0 radical (unpaired) electrons. The molecular weight excluding hydrogens is 349 g/mol.